The molecule has 0 aromatic heterocycles. The van der Waals surface area contributed by atoms with E-state index in [4.69, 9.17) is 11.6 Å². The summed E-state index contributed by atoms with van der Waals surface area (Å²) < 4.78 is 27.4. The Kier molecular flexibility index (Phi) is 11.5. The molecule has 0 saturated carbocycles. The number of rotatable bonds is 8. The monoisotopic (exact) mass is 519 g/mol. The number of piperidine rings is 1. The van der Waals surface area contributed by atoms with Crippen molar-refractivity contribution in [2.75, 3.05) is 38.6 Å². The highest BCUT2D eigenvalue weighted by Crippen LogP contribution is 2.26. The van der Waals surface area contributed by atoms with E-state index in [2.05, 4.69) is 47.7 Å². The Morgan fingerprint density at radius 1 is 1.03 bits per heavy atom. The average molecular weight is 521 g/mol. The molecule has 1 aliphatic heterocycles. The number of sulfonamides is 1. The molecule has 178 valence electrons. The van der Waals surface area contributed by atoms with E-state index in [1.165, 1.54) is 15.6 Å². The van der Waals surface area contributed by atoms with Crippen LogP contribution in [0.3, 0.4) is 0 Å². The predicted molar refractivity (Wildman–Crippen MR) is 139 cm³/mol. The zero-order chi connectivity index (χ0) is 21.7. The lowest BCUT2D eigenvalue weighted by atomic mass is 10.0. The molecule has 32 heavy (non-hydrogen) atoms. The molecule has 0 radical (unpaired) electrons. The van der Waals surface area contributed by atoms with E-state index in [1.807, 2.05) is 6.08 Å². The molecule has 1 fully saturated rings. The normalized spacial score (nSPS) is 14.7. The molecule has 5 nitrogen and oxygen atoms in total. The summed E-state index contributed by atoms with van der Waals surface area (Å²) in [5.74, 6) is 0. The minimum absolute atomic E-state index is 0. The standard InChI is InChI=1S/C23H30ClN3O2S.2ClH/c1-4-15-25(2)18-19-5-9-22(10-6-19)27-16-13-21(14-17-27)26(3)30(28,29)23-11-7-20(24)8-12-23;;/h4-12,21H,1,13-18H2,2-3H3;2*1H. The molecule has 1 heterocycles. The minimum Gasteiger partial charge on any atom is -0.371 e. The lowest BCUT2D eigenvalue weighted by Crippen LogP contribution is -2.45. The van der Waals surface area contributed by atoms with Crippen molar-refractivity contribution in [1.82, 2.24) is 9.21 Å². The zero-order valence-corrected chi connectivity index (χ0v) is 21.7. The van der Waals surface area contributed by atoms with Gasteiger partial charge in [-0.15, -0.1) is 31.4 Å². The van der Waals surface area contributed by atoms with E-state index in [9.17, 15) is 8.42 Å². The molecule has 0 N–H and O–H groups in total. The van der Waals surface area contributed by atoms with Gasteiger partial charge in [0.1, 0.15) is 0 Å². The van der Waals surface area contributed by atoms with Crippen LogP contribution >= 0.6 is 36.4 Å². The van der Waals surface area contributed by atoms with Crippen molar-refractivity contribution >= 4 is 52.1 Å². The Bertz CT molecular complexity index is 945. The quantitative estimate of drug-likeness (QED) is 0.455. The van der Waals surface area contributed by atoms with Gasteiger partial charge in [-0.2, -0.15) is 4.31 Å². The van der Waals surface area contributed by atoms with Gasteiger partial charge >= 0.3 is 0 Å². The molecule has 9 heteroatoms. The second kappa shape index (κ2) is 12.8. The van der Waals surface area contributed by atoms with Crippen molar-refractivity contribution in [2.45, 2.75) is 30.3 Å². The number of halogens is 3. The Balaban J connectivity index is 0.00000256. The van der Waals surface area contributed by atoms with Crippen LogP contribution in [-0.4, -0.2) is 57.4 Å². The molecular weight excluding hydrogens is 489 g/mol. The van der Waals surface area contributed by atoms with E-state index < -0.39 is 10.0 Å². The van der Waals surface area contributed by atoms with Crippen LogP contribution in [0, 0.1) is 0 Å². The fraction of sp³-hybridized carbons (Fsp3) is 0.391. The SMILES string of the molecule is C=CCN(C)Cc1ccc(N2CCC(N(C)S(=O)(=O)c3ccc(Cl)cc3)CC2)cc1.Cl.Cl. The number of hydrogen-bond donors (Lipinski definition) is 0. The third-order valence-electron chi connectivity index (χ3n) is 5.66. The number of likely N-dealkylation sites (N-methyl/N-ethyl adjacent to an activating group) is 1. The van der Waals surface area contributed by atoms with Gasteiger partial charge in [-0.25, -0.2) is 8.42 Å². The van der Waals surface area contributed by atoms with Gasteiger partial charge < -0.3 is 4.90 Å². The molecule has 2 aromatic carbocycles. The molecule has 0 unspecified atom stereocenters. The fourth-order valence-electron chi connectivity index (χ4n) is 3.87. The summed E-state index contributed by atoms with van der Waals surface area (Å²) in [6.07, 6.45) is 3.50. The van der Waals surface area contributed by atoms with Gasteiger partial charge in [0.15, 0.2) is 0 Å². The molecule has 0 amide bonds. The van der Waals surface area contributed by atoms with Gasteiger partial charge in [-0.3, -0.25) is 4.90 Å². The predicted octanol–water partition coefficient (Wildman–Crippen LogP) is 5.09. The smallest absolute Gasteiger partial charge is 0.243 e. The van der Waals surface area contributed by atoms with Crippen LogP contribution in [0.5, 0.6) is 0 Å². The van der Waals surface area contributed by atoms with Crippen LogP contribution in [0.2, 0.25) is 5.02 Å². The van der Waals surface area contributed by atoms with E-state index >= 15 is 0 Å². The Labute approximate surface area is 209 Å². The first-order valence-corrected chi connectivity index (χ1v) is 12.0. The summed E-state index contributed by atoms with van der Waals surface area (Å²) >= 11 is 5.89. The molecule has 0 spiro atoms. The van der Waals surface area contributed by atoms with Crippen molar-refractivity contribution in [3.63, 3.8) is 0 Å². The van der Waals surface area contributed by atoms with Gasteiger partial charge in [-0.05, 0) is 61.9 Å². The van der Waals surface area contributed by atoms with E-state index in [-0.39, 0.29) is 35.8 Å². The van der Waals surface area contributed by atoms with Crippen molar-refractivity contribution in [1.29, 1.82) is 0 Å². The largest absolute Gasteiger partial charge is 0.371 e. The Morgan fingerprint density at radius 3 is 2.12 bits per heavy atom. The molecule has 0 atom stereocenters. The van der Waals surface area contributed by atoms with Gasteiger partial charge in [0.25, 0.3) is 0 Å². The van der Waals surface area contributed by atoms with Crippen LogP contribution in [0.4, 0.5) is 5.69 Å². The Morgan fingerprint density at radius 2 is 1.59 bits per heavy atom. The first kappa shape index (κ1) is 28.8. The summed E-state index contributed by atoms with van der Waals surface area (Å²) in [4.78, 5) is 4.83. The van der Waals surface area contributed by atoms with Gasteiger partial charge in [-0.1, -0.05) is 29.8 Å². The van der Waals surface area contributed by atoms with Crippen LogP contribution in [0.15, 0.2) is 66.1 Å². The van der Waals surface area contributed by atoms with E-state index in [0.717, 1.165) is 39.0 Å². The number of anilines is 1. The molecule has 0 bridgehead atoms. The molecule has 0 aliphatic carbocycles. The second-order valence-electron chi connectivity index (χ2n) is 7.85. The van der Waals surface area contributed by atoms with Crippen LogP contribution in [0.1, 0.15) is 18.4 Å². The highest BCUT2D eigenvalue weighted by molar-refractivity contribution is 7.89. The summed E-state index contributed by atoms with van der Waals surface area (Å²) in [7, 11) is 0.243. The molecule has 2 aromatic rings. The topological polar surface area (TPSA) is 43.9 Å². The van der Waals surface area contributed by atoms with E-state index in [0.29, 0.717) is 5.02 Å². The van der Waals surface area contributed by atoms with Crippen molar-refractivity contribution < 1.29 is 8.42 Å². The summed E-state index contributed by atoms with van der Waals surface area (Å²) in [5.41, 5.74) is 2.46. The number of nitrogens with zero attached hydrogens (tertiary/aromatic N) is 3. The van der Waals surface area contributed by atoms with Crippen molar-refractivity contribution in [2.24, 2.45) is 0 Å². The van der Waals surface area contributed by atoms with Crippen molar-refractivity contribution in [3.05, 3.63) is 71.8 Å². The molecule has 3 rings (SSSR count). The first-order chi connectivity index (χ1) is 14.3. The maximum absolute atomic E-state index is 12.9. The highest BCUT2D eigenvalue weighted by Gasteiger charge is 2.30. The fourth-order valence-corrected chi connectivity index (χ4v) is 5.41. The molecule has 1 saturated heterocycles. The van der Waals surface area contributed by atoms with Crippen LogP contribution in [-0.2, 0) is 16.6 Å². The third kappa shape index (κ3) is 7.11. The summed E-state index contributed by atoms with van der Waals surface area (Å²) in [6, 6.07) is 15.0. The first-order valence-electron chi connectivity index (χ1n) is 10.2. The minimum atomic E-state index is -3.51. The average Bonchev–Trinajstić information content (AvgIpc) is 2.74. The third-order valence-corrected chi connectivity index (χ3v) is 7.84. The Hall–Kier alpha value is -1.28. The maximum Gasteiger partial charge on any atom is 0.243 e. The number of benzene rings is 2. The van der Waals surface area contributed by atoms with Gasteiger partial charge in [0.05, 0.1) is 4.90 Å². The lowest BCUT2D eigenvalue weighted by Gasteiger charge is -2.37. The van der Waals surface area contributed by atoms with E-state index in [1.54, 1.807) is 31.3 Å². The van der Waals surface area contributed by atoms with Crippen LogP contribution < -0.4 is 4.90 Å². The van der Waals surface area contributed by atoms with Crippen LogP contribution in [0.25, 0.3) is 0 Å². The van der Waals surface area contributed by atoms with Gasteiger partial charge in [0.2, 0.25) is 10.0 Å². The second-order valence-corrected chi connectivity index (χ2v) is 10.3. The summed E-state index contributed by atoms with van der Waals surface area (Å²) in [5, 5.41) is 0.531. The summed E-state index contributed by atoms with van der Waals surface area (Å²) in [6.45, 7) is 7.20. The van der Waals surface area contributed by atoms with Gasteiger partial charge in [0, 0.05) is 50.0 Å². The molecule has 1 aliphatic rings. The molecular formula is C23H32Cl3N3O2S. The number of hydrogen-bond acceptors (Lipinski definition) is 4. The zero-order valence-electron chi connectivity index (χ0n) is 18.5. The maximum atomic E-state index is 12.9. The van der Waals surface area contributed by atoms with Crippen molar-refractivity contribution in [3.8, 4) is 0 Å². The lowest BCUT2D eigenvalue weighted by molar-refractivity contribution is 0.312. The highest BCUT2D eigenvalue weighted by atomic mass is 35.5.